The summed E-state index contributed by atoms with van der Waals surface area (Å²) in [6.07, 6.45) is 0. The van der Waals surface area contributed by atoms with Gasteiger partial charge in [-0.05, 0) is 36.8 Å². The van der Waals surface area contributed by atoms with Crippen LogP contribution in [0.15, 0.2) is 35.2 Å². The van der Waals surface area contributed by atoms with Crippen LogP contribution in [-0.4, -0.2) is 44.9 Å². The van der Waals surface area contributed by atoms with Gasteiger partial charge in [-0.3, -0.25) is 4.79 Å². The molecule has 1 fully saturated rings. The van der Waals surface area contributed by atoms with E-state index in [4.69, 9.17) is 27.9 Å². The first-order valence-corrected chi connectivity index (χ1v) is 10.5. The van der Waals surface area contributed by atoms with Crippen LogP contribution in [0.25, 0.3) is 0 Å². The molecule has 1 saturated heterocycles. The maximum absolute atomic E-state index is 13.7. The van der Waals surface area contributed by atoms with Crippen molar-refractivity contribution in [1.29, 1.82) is 0 Å². The quantitative estimate of drug-likeness (QED) is 0.726. The molecule has 0 saturated carbocycles. The minimum Gasteiger partial charge on any atom is -0.379 e. The van der Waals surface area contributed by atoms with Gasteiger partial charge in [-0.15, -0.1) is 0 Å². The molecule has 10 heteroatoms. The number of anilines is 1. The topological polar surface area (TPSA) is 75.7 Å². The summed E-state index contributed by atoms with van der Waals surface area (Å²) in [5, 5.41) is 2.33. The number of rotatable bonds is 4. The molecule has 2 aromatic carbocycles. The lowest BCUT2D eigenvalue weighted by atomic mass is 10.2. The summed E-state index contributed by atoms with van der Waals surface area (Å²) in [6.45, 7) is 2.85. The number of hydrogen-bond donors (Lipinski definition) is 1. The number of carbonyl (C=O) groups excluding carboxylic acids is 1. The lowest BCUT2D eigenvalue weighted by Crippen LogP contribution is -2.40. The molecule has 0 aromatic heterocycles. The van der Waals surface area contributed by atoms with Crippen molar-refractivity contribution in [3.8, 4) is 0 Å². The Morgan fingerprint density at radius 3 is 2.50 bits per heavy atom. The van der Waals surface area contributed by atoms with Crippen LogP contribution in [0, 0.1) is 12.7 Å². The second-order valence-corrected chi connectivity index (χ2v) is 8.92. The Labute approximate surface area is 172 Å². The van der Waals surface area contributed by atoms with Crippen LogP contribution in [0.4, 0.5) is 10.1 Å². The van der Waals surface area contributed by atoms with Crippen molar-refractivity contribution in [3.05, 3.63) is 57.3 Å². The molecule has 1 N–H and O–H groups in total. The zero-order chi connectivity index (χ0) is 20.5. The highest BCUT2D eigenvalue weighted by Crippen LogP contribution is 2.27. The number of carbonyl (C=O) groups is 1. The molecule has 2 aromatic rings. The number of morpholine rings is 1. The maximum atomic E-state index is 13.7. The summed E-state index contributed by atoms with van der Waals surface area (Å²) < 4.78 is 46.1. The Hall–Kier alpha value is -1.71. The van der Waals surface area contributed by atoms with Crippen LogP contribution in [0.3, 0.4) is 0 Å². The van der Waals surface area contributed by atoms with Crippen molar-refractivity contribution in [3.63, 3.8) is 0 Å². The van der Waals surface area contributed by atoms with Gasteiger partial charge < -0.3 is 10.1 Å². The summed E-state index contributed by atoms with van der Waals surface area (Å²) in [7, 11) is -3.74. The van der Waals surface area contributed by atoms with Gasteiger partial charge in [-0.25, -0.2) is 12.8 Å². The molecule has 0 unspecified atom stereocenters. The first kappa shape index (κ1) is 21.0. The SMILES string of the molecule is Cc1ccc(NC(=O)c2cc(F)c(Cl)cc2Cl)cc1S(=O)(=O)N1CCOCC1. The Morgan fingerprint density at radius 2 is 1.82 bits per heavy atom. The molecule has 1 amide bonds. The van der Waals surface area contributed by atoms with Gasteiger partial charge in [0.25, 0.3) is 5.91 Å². The van der Waals surface area contributed by atoms with Gasteiger partial charge in [-0.1, -0.05) is 29.3 Å². The van der Waals surface area contributed by atoms with Crippen molar-refractivity contribution < 1.29 is 22.3 Å². The fourth-order valence-corrected chi connectivity index (χ4v) is 4.90. The molecule has 6 nitrogen and oxygen atoms in total. The molecule has 0 radical (unpaired) electrons. The molecule has 1 heterocycles. The third-order valence-electron chi connectivity index (χ3n) is 4.29. The zero-order valence-electron chi connectivity index (χ0n) is 14.8. The number of sulfonamides is 1. The predicted octanol–water partition coefficient (Wildman–Crippen LogP) is 3.71. The second-order valence-electron chi connectivity index (χ2n) is 6.20. The van der Waals surface area contributed by atoms with Gasteiger partial charge >= 0.3 is 0 Å². The summed E-state index contributed by atoms with van der Waals surface area (Å²) in [5.41, 5.74) is 0.677. The molecule has 1 aliphatic heterocycles. The first-order valence-electron chi connectivity index (χ1n) is 8.34. The van der Waals surface area contributed by atoms with Crippen LogP contribution in [-0.2, 0) is 14.8 Å². The largest absolute Gasteiger partial charge is 0.379 e. The highest BCUT2D eigenvalue weighted by Gasteiger charge is 2.28. The molecular weight excluding hydrogens is 430 g/mol. The van der Waals surface area contributed by atoms with Gasteiger partial charge in [0.1, 0.15) is 5.82 Å². The average molecular weight is 447 g/mol. The fraction of sp³-hybridized carbons (Fsp3) is 0.278. The summed E-state index contributed by atoms with van der Waals surface area (Å²) in [5.74, 6) is -1.46. The second kappa shape index (κ2) is 8.34. The molecule has 150 valence electrons. The van der Waals surface area contributed by atoms with Crippen LogP contribution < -0.4 is 5.32 Å². The van der Waals surface area contributed by atoms with Gasteiger partial charge in [0, 0.05) is 18.8 Å². The van der Waals surface area contributed by atoms with Crippen LogP contribution in [0.5, 0.6) is 0 Å². The molecule has 0 spiro atoms. The molecular formula is C18H17Cl2FN2O4S. The third kappa shape index (κ3) is 4.31. The van der Waals surface area contributed by atoms with E-state index >= 15 is 0 Å². The van der Waals surface area contributed by atoms with Gasteiger partial charge in [-0.2, -0.15) is 4.31 Å². The number of aryl methyl sites for hydroxylation is 1. The summed E-state index contributed by atoms with van der Waals surface area (Å²) in [4.78, 5) is 12.5. The highest BCUT2D eigenvalue weighted by atomic mass is 35.5. The van der Waals surface area contributed by atoms with Crippen LogP contribution in [0.1, 0.15) is 15.9 Å². The zero-order valence-corrected chi connectivity index (χ0v) is 17.2. The van der Waals surface area contributed by atoms with Crippen LogP contribution >= 0.6 is 23.2 Å². The Kier molecular flexibility index (Phi) is 6.26. The molecule has 28 heavy (non-hydrogen) atoms. The lowest BCUT2D eigenvalue weighted by molar-refractivity contribution is 0.0730. The van der Waals surface area contributed by atoms with E-state index in [1.807, 2.05) is 0 Å². The number of halogens is 3. The highest BCUT2D eigenvalue weighted by molar-refractivity contribution is 7.89. The van der Waals surface area contributed by atoms with Crippen LogP contribution in [0.2, 0.25) is 10.0 Å². The van der Waals surface area contributed by atoms with E-state index in [0.717, 1.165) is 12.1 Å². The molecule has 3 rings (SSSR count). The molecule has 1 aliphatic rings. The number of ether oxygens (including phenoxy) is 1. The van der Waals surface area contributed by atoms with Crippen molar-refractivity contribution in [2.24, 2.45) is 0 Å². The van der Waals surface area contributed by atoms with E-state index in [2.05, 4.69) is 5.32 Å². The summed E-state index contributed by atoms with van der Waals surface area (Å²) in [6, 6.07) is 6.59. The normalized spacial score (nSPS) is 15.4. The Morgan fingerprint density at radius 1 is 1.14 bits per heavy atom. The Bertz CT molecular complexity index is 1020. The van der Waals surface area contributed by atoms with E-state index in [0.29, 0.717) is 18.8 Å². The maximum Gasteiger partial charge on any atom is 0.257 e. The predicted molar refractivity (Wildman–Crippen MR) is 105 cm³/mol. The number of amides is 1. The number of nitrogens with one attached hydrogen (secondary N) is 1. The first-order chi connectivity index (χ1) is 13.2. The van der Waals surface area contributed by atoms with E-state index in [-0.39, 0.29) is 39.3 Å². The number of hydrogen-bond acceptors (Lipinski definition) is 4. The smallest absolute Gasteiger partial charge is 0.257 e. The van der Waals surface area contributed by atoms with Crippen molar-refractivity contribution in [1.82, 2.24) is 4.31 Å². The molecule has 0 bridgehead atoms. The molecule has 0 aliphatic carbocycles. The molecule has 0 atom stereocenters. The third-order valence-corrected chi connectivity index (χ3v) is 6.93. The van der Waals surface area contributed by atoms with Gasteiger partial charge in [0.15, 0.2) is 0 Å². The van der Waals surface area contributed by atoms with Crippen molar-refractivity contribution in [2.75, 3.05) is 31.6 Å². The Balaban J connectivity index is 1.89. The van der Waals surface area contributed by atoms with Gasteiger partial charge in [0.2, 0.25) is 10.0 Å². The van der Waals surface area contributed by atoms with E-state index < -0.39 is 21.7 Å². The average Bonchev–Trinajstić information content (AvgIpc) is 2.66. The minimum atomic E-state index is -3.74. The van der Waals surface area contributed by atoms with E-state index in [1.165, 1.54) is 10.4 Å². The van der Waals surface area contributed by atoms with Gasteiger partial charge in [0.05, 0.1) is 33.7 Å². The van der Waals surface area contributed by atoms with E-state index in [9.17, 15) is 17.6 Å². The van der Waals surface area contributed by atoms with E-state index in [1.54, 1.807) is 19.1 Å². The monoisotopic (exact) mass is 446 g/mol. The number of nitrogens with zero attached hydrogens (tertiary/aromatic N) is 1. The lowest BCUT2D eigenvalue weighted by Gasteiger charge is -2.26. The standard InChI is InChI=1S/C18H17Cl2FN2O4S/c1-11-2-3-12(8-17(11)28(25,26)23-4-6-27-7-5-23)22-18(24)13-9-16(21)15(20)10-14(13)19/h2-3,8-10H,4-7H2,1H3,(H,22,24). The van der Waals surface area contributed by atoms with Crippen molar-refractivity contribution in [2.45, 2.75) is 11.8 Å². The van der Waals surface area contributed by atoms with Crippen molar-refractivity contribution >= 4 is 44.8 Å². The number of benzene rings is 2. The summed E-state index contributed by atoms with van der Waals surface area (Å²) >= 11 is 11.6. The minimum absolute atomic E-state index is 0.0165. The fourth-order valence-electron chi connectivity index (χ4n) is 2.78.